The van der Waals surface area contributed by atoms with Crippen LogP contribution in [0, 0.1) is 0 Å². The maximum absolute atomic E-state index is 12.1. The number of hydrogen-bond donors (Lipinski definition) is 2. The van der Waals surface area contributed by atoms with Crippen LogP contribution in [0.4, 0.5) is 11.4 Å². The summed E-state index contributed by atoms with van der Waals surface area (Å²) in [6, 6.07) is 12.4. The van der Waals surface area contributed by atoms with Crippen LogP contribution in [-0.2, 0) is 4.79 Å². The lowest BCUT2D eigenvalue weighted by atomic mass is 10.3. The lowest BCUT2D eigenvalue weighted by Gasteiger charge is -2.15. The third-order valence-corrected chi connectivity index (χ3v) is 3.46. The van der Waals surface area contributed by atoms with Crippen molar-refractivity contribution in [2.75, 3.05) is 17.2 Å². The minimum Gasteiger partial charge on any atom is -0.489 e. The van der Waals surface area contributed by atoms with E-state index in [0.717, 1.165) is 5.69 Å². The maximum atomic E-state index is 12.1. The number of para-hydroxylation sites is 2. The van der Waals surface area contributed by atoms with Crippen molar-refractivity contribution in [2.45, 2.75) is 20.0 Å². The quantitative estimate of drug-likeness (QED) is 0.782. The van der Waals surface area contributed by atoms with Crippen molar-refractivity contribution in [3.8, 4) is 5.75 Å². The number of rotatable bonds is 6. The Morgan fingerprint density at radius 3 is 2.61 bits per heavy atom. The molecule has 0 unspecified atom stereocenters. The van der Waals surface area contributed by atoms with Gasteiger partial charge in [0, 0.05) is 5.02 Å². The molecule has 2 rings (SSSR count). The second kappa shape index (κ2) is 8.09. The Morgan fingerprint density at radius 2 is 1.87 bits per heavy atom. The largest absolute Gasteiger partial charge is 0.489 e. The first-order chi connectivity index (χ1) is 11.0. The van der Waals surface area contributed by atoms with Gasteiger partial charge in [-0.15, -0.1) is 0 Å². The first-order valence-corrected chi connectivity index (χ1v) is 7.96. The fourth-order valence-electron chi connectivity index (χ4n) is 1.93. The van der Waals surface area contributed by atoms with Gasteiger partial charge in [0.15, 0.2) is 0 Å². The Morgan fingerprint density at radius 1 is 1.13 bits per heavy atom. The minimum atomic E-state index is -0.228. The second-order valence-electron chi connectivity index (χ2n) is 5.19. The number of benzene rings is 2. The van der Waals surface area contributed by atoms with E-state index in [1.54, 1.807) is 18.2 Å². The first-order valence-electron chi connectivity index (χ1n) is 7.20. The highest BCUT2D eigenvalue weighted by Gasteiger charge is 2.09. The maximum Gasteiger partial charge on any atom is 0.243 e. The summed E-state index contributed by atoms with van der Waals surface area (Å²) in [6.07, 6.45) is 0.0528. The molecule has 0 aromatic heterocycles. The van der Waals surface area contributed by atoms with Crippen LogP contribution >= 0.6 is 23.2 Å². The van der Waals surface area contributed by atoms with Crippen LogP contribution in [0.1, 0.15) is 13.8 Å². The van der Waals surface area contributed by atoms with Crippen LogP contribution in [0.15, 0.2) is 42.5 Å². The summed E-state index contributed by atoms with van der Waals surface area (Å²) in [5, 5.41) is 6.73. The van der Waals surface area contributed by atoms with Crippen molar-refractivity contribution in [3.05, 3.63) is 52.5 Å². The summed E-state index contributed by atoms with van der Waals surface area (Å²) in [7, 11) is 0. The highest BCUT2D eigenvalue weighted by molar-refractivity contribution is 6.35. The Kier molecular flexibility index (Phi) is 6.13. The minimum absolute atomic E-state index is 0.0528. The lowest BCUT2D eigenvalue weighted by Crippen LogP contribution is -2.22. The van der Waals surface area contributed by atoms with Gasteiger partial charge >= 0.3 is 0 Å². The molecule has 0 saturated carbocycles. The van der Waals surface area contributed by atoms with E-state index in [0.29, 0.717) is 21.5 Å². The van der Waals surface area contributed by atoms with Gasteiger partial charge in [0.05, 0.1) is 29.0 Å². The average molecular weight is 353 g/mol. The van der Waals surface area contributed by atoms with Crippen molar-refractivity contribution in [2.24, 2.45) is 0 Å². The van der Waals surface area contributed by atoms with E-state index in [2.05, 4.69) is 10.6 Å². The van der Waals surface area contributed by atoms with Crippen LogP contribution < -0.4 is 15.4 Å². The van der Waals surface area contributed by atoms with Crippen LogP contribution in [0.5, 0.6) is 5.75 Å². The molecule has 0 heterocycles. The summed E-state index contributed by atoms with van der Waals surface area (Å²) in [4.78, 5) is 12.1. The standard InChI is InChI=1S/C17H18Cl2N2O2/c1-11(2)23-16-6-4-3-5-14(16)20-10-17(22)21-15-9-12(18)7-8-13(15)19/h3-9,11,20H,10H2,1-2H3,(H,21,22). The molecule has 0 radical (unpaired) electrons. The molecule has 0 spiro atoms. The highest BCUT2D eigenvalue weighted by atomic mass is 35.5. The van der Waals surface area contributed by atoms with Gasteiger partial charge in [-0.05, 0) is 44.2 Å². The van der Waals surface area contributed by atoms with Crippen molar-refractivity contribution >= 4 is 40.5 Å². The lowest BCUT2D eigenvalue weighted by molar-refractivity contribution is -0.114. The first kappa shape index (κ1) is 17.4. The third-order valence-electron chi connectivity index (χ3n) is 2.89. The monoisotopic (exact) mass is 352 g/mol. The Balaban J connectivity index is 1.98. The molecule has 1 amide bonds. The van der Waals surface area contributed by atoms with Crippen molar-refractivity contribution in [1.29, 1.82) is 0 Å². The number of hydrogen-bond acceptors (Lipinski definition) is 3. The molecule has 4 nitrogen and oxygen atoms in total. The van der Waals surface area contributed by atoms with Crippen molar-refractivity contribution in [3.63, 3.8) is 0 Å². The molecule has 23 heavy (non-hydrogen) atoms. The zero-order chi connectivity index (χ0) is 16.8. The SMILES string of the molecule is CC(C)Oc1ccccc1NCC(=O)Nc1cc(Cl)ccc1Cl. The number of carbonyl (C=O) groups is 1. The molecule has 0 bridgehead atoms. The fourth-order valence-corrected chi connectivity index (χ4v) is 2.27. The fraction of sp³-hybridized carbons (Fsp3) is 0.235. The molecular formula is C17H18Cl2N2O2. The number of halogens is 2. The smallest absolute Gasteiger partial charge is 0.243 e. The van der Waals surface area contributed by atoms with E-state index >= 15 is 0 Å². The molecule has 0 atom stereocenters. The van der Waals surface area contributed by atoms with Gasteiger partial charge < -0.3 is 15.4 Å². The van der Waals surface area contributed by atoms with Crippen LogP contribution in [0.2, 0.25) is 10.0 Å². The Hall–Kier alpha value is -1.91. The van der Waals surface area contributed by atoms with Gasteiger partial charge in [0.2, 0.25) is 5.91 Å². The number of anilines is 2. The topological polar surface area (TPSA) is 50.4 Å². The number of nitrogens with one attached hydrogen (secondary N) is 2. The van der Waals surface area contributed by atoms with E-state index < -0.39 is 0 Å². The number of ether oxygens (including phenoxy) is 1. The molecule has 2 aromatic carbocycles. The normalized spacial score (nSPS) is 10.5. The average Bonchev–Trinajstić information content (AvgIpc) is 2.49. The van der Waals surface area contributed by atoms with Gasteiger partial charge in [-0.25, -0.2) is 0 Å². The zero-order valence-corrected chi connectivity index (χ0v) is 14.4. The molecule has 0 aliphatic heterocycles. The van der Waals surface area contributed by atoms with Gasteiger partial charge in [0.1, 0.15) is 5.75 Å². The molecule has 0 aliphatic rings. The molecule has 2 N–H and O–H groups in total. The summed E-state index contributed by atoms with van der Waals surface area (Å²) < 4.78 is 5.70. The highest BCUT2D eigenvalue weighted by Crippen LogP contribution is 2.26. The van der Waals surface area contributed by atoms with Gasteiger partial charge in [-0.3, -0.25) is 4.79 Å². The molecule has 0 fully saturated rings. The summed E-state index contributed by atoms with van der Waals surface area (Å²) in [5.41, 5.74) is 1.24. The molecule has 122 valence electrons. The van der Waals surface area contributed by atoms with Gasteiger partial charge in [-0.2, -0.15) is 0 Å². The molecule has 0 saturated heterocycles. The summed E-state index contributed by atoms with van der Waals surface area (Å²) in [5.74, 6) is 0.476. The van der Waals surface area contributed by atoms with E-state index in [9.17, 15) is 4.79 Å². The predicted octanol–water partition coefficient (Wildman–Crippen LogP) is 4.83. The van der Waals surface area contributed by atoms with Crippen LogP contribution in [-0.4, -0.2) is 18.6 Å². The molecule has 0 aliphatic carbocycles. The second-order valence-corrected chi connectivity index (χ2v) is 6.03. The van der Waals surface area contributed by atoms with Gasteiger partial charge in [-0.1, -0.05) is 35.3 Å². The summed E-state index contributed by atoms with van der Waals surface area (Å²) in [6.45, 7) is 3.98. The zero-order valence-electron chi connectivity index (χ0n) is 12.9. The van der Waals surface area contributed by atoms with Crippen molar-refractivity contribution in [1.82, 2.24) is 0 Å². The van der Waals surface area contributed by atoms with E-state index in [1.807, 2.05) is 38.1 Å². The van der Waals surface area contributed by atoms with Crippen LogP contribution in [0.25, 0.3) is 0 Å². The molecule has 6 heteroatoms. The van der Waals surface area contributed by atoms with E-state index in [-0.39, 0.29) is 18.6 Å². The predicted molar refractivity (Wildman–Crippen MR) is 95.8 cm³/mol. The number of amides is 1. The van der Waals surface area contributed by atoms with E-state index in [4.69, 9.17) is 27.9 Å². The van der Waals surface area contributed by atoms with Crippen LogP contribution in [0.3, 0.4) is 0 Å². The molecular weight excluding hydrogens is 335 g/mol. The summed E-state index contributed by atoms with van der Waals surface area (Å²) >= 11 is 11.9. The Labute approximate surface area is 145 Å². The number of carbonyl (C=O) groups excluding carboxylic acids is 1. The van der Waals surface area contributed by atoms with E-state index in [1.165, 1.54) is 0 Å². The molecule has 2 aromatic rings. The van der Waals surface area contributed by atoms with Crippen molar-refractivity contribution < 1.29 is 9.53 Å². The van der Waals surface area contributed by atoms with Gasteiger partial charge in [0.25, 0.3) is 0 Å². The third kappa shape index (κ3) is 5.34. The Bertz CT molecular complexity index is 690.